The maximum atomic E-state index is 12.0. The minimum Gasteiger partial charge on any atom is -0.480 e. The Morgan fingerprint density at radius 1 is 1.10 bits per heavy atom. The summed E-state index contributed by atoms with van der Waals surface area (Å²) in [4.78, 5) is 23.1. The first-order valence-corrected chi connectivity index (χ1v) is 6.97. The predicted molar refractivity (Wildman–Crippen MR) is 82.1 cm³/mol. The van der Waals surface area contributed by atoms with Gasteiger partial charge in [-0.3, -0.25) is 4.79 Å². The molecule has 2 rings (SSSR count). The fourth-order valence-electron chi connectivity index (χ4n) is 2.27. The largest absolute Gasteiger partial charge is 0.480 e. The van der Waals surface area contributed by atoms with Crippen molar-refractivity contribution in [1.29, 1.82) is 0 Å². The number of hydrogen-bond donors (Lipinski definition) is 2. The number of carboxylic acid groups (broad SMARTS) is 1. The average molecular weight is 285 g/mol. The Morgan fingerprint density at radius 3 is 2.38 bits per heavy atom. The van der Waals surface area contributed by atoms with E-state index in [0.29, 0.717) is 0 Å². The molecule has 0 saturated heterocycles. The van der Waals surface area contributed by atoms with Gasteiger partial charge in [-0.2, -0.15) is 0 Å². The second kappa shape index (κ2) is 6.39. The lowest BCUT2D eigenvalue weighted by atomic mass is 10.0. The van der Waals surface area contributed by atoms with Gasteiger partial charge in [0.05, 0.1) is 6.42 Å². The van der Waals surface area contributed by atoms with Gasteiger partial charge < -0.3 is 10.4 Å². The molecular formula is C17H19NO3. The Kier molecular flexibility index (Phi) is 4.58. The number of aliphatic carboxylic acids is 1. The predicted octanol–water partition coefficient (Wildman–Crippen LogP) is 2.61. The maximum absolute atomic E-state index is 12.0. The quantitative estimate of drug-likeness (QED) is 0.887. The highest BCUT2D eigenvalue weighted by atomic mass is 16.4. The molecule has 110 valence electrons. The van der Waals surface area contributed by atoms with Crippen LogP contribution in [0.15, 0.2) is 42.5 Å². The van der Waals surface area contributed by atoms with Crippen molar-refractivity contribution in [2.24, 2.45) is 5.92 Å². The zero-order valence-electron chi connectivity index (χ0n) is 12.2. The molecular weight excluding hydrogens is 266 g/mol. The Hall–Kier alpha value is -2.36. The molecule has 0 bridgehead atoms. The van der Waals surface area contributed by atoms with Gasteiger partial charge in [0.15, 0.2) is 0 Å². The molecule has 0 aliphatic rings. The number of rotatable bonds is 5. The molecule has 0 aliphatic heterocycles. The van der Waals surface area contributed by atoms with Gasteiger partial charge in [0.2, 0.25) is 5.91 Å². The molecule has 0 radical (unpaired) electrons. The van der Waals surface area contributed by atoms with E-state index in [-0.39, 0.29) is 18.2 Å². The number of benzene rings is 2. The second-order valence-corrected chi connectivity index (χ2v) is 5.49. The van der Waals surface area contributed by atoms with Gasteiger partial charge in [-0.25, -0.2) is 4.79 Å². The fraction of sp³-hybridized carbons (Fsp3) is 0.294. The molecule has 1 atom stereocenters. The molecule has 0 aliphatic carbocycles. The van der Waals surface area contributed by atoms with Gasteiger partial charge in [0.25, 0.3) is 0 Å². The summed E-state index contributed by atoms with van der Waals surface area (Å²) in [6.45, 7) is 3.55. The highest BCUT2D eigenvalue weighted by molar-refractivity contribution is 5.87. The minimum atomic E-state index is -1.00. The Balaban J connectivity index is 2.08. The Morgan fingerprint density at radius 2 is 1.76 bits per heavy atom. The molecule has 21 heavy (non-hydrogen) atoms. The van der Waals surface area contributed by atoms with Crippen LogP contribution in [0.3, 0.4) is 0 Å². The summed E-state index contributed by atoms with van der Waals surface area (Å²) < 4.78 is 0. The van der Waals surface area contributed by atoms with Crippen molar-refractivity contribution in [2.45, 2.75) is 26.3 Å². The summed E-state index contributed by atoms with van der Waals surface area (Å²) in [5.41, 5.74) is 0.874. The molecule has 0 fully saturated rings. The van der Waals surface area contributed by atoms with Crippen molar-refractivity contribution in [3.05, 3.63) is 48.0 Å². The lowest BCUT2D eigenvalue weighted by molar-refractivity contribution is -0.143. The van der Waals surface area contributed by atoms with E-state index in [9.17, 15) is 9.59 Å². The van der Waals surface area contributed by atoms with E-state index in [2.05, 4.69) is 5.32 Å². The summed E-state index contributed by atoms with van der Waals surface area (Å²) in [6.07, 6.45) is 0.182. The van der Waals surface area contributed by atoms with E-state index >= 15 is 0 Å². The lowest BCUT2D eigenvalue weighted by Gasteiger charge is -2.17. The standard InChI is InChI=1S/C17H19NO3/c1-11(2)16(17(20)21)18-15(19)10-12-7-8-13-5-3-4-6-14(13)9-12/h3-9,11,16H,10H2,1-2H3,(H,18,19)(H,20,21)/t16-/m0/s1. The van der Waals surface area contributed by atoms with Crippen LogP contribution in [0.4, 0.5) is 0 Å². The molecule has 0 aromatic heterocycles. The summed E-state index contributed by atoms with van der Waals surface area (Å²) in [6, 6.07) is 12.9. The van der Waals surface area contributed by atoms with Gasteiger partial charge in [0.1, 0.15) is 6.04 Å². The fourth-order valence-corrected chi connectivity index (χ4v) is 2.27. The Bertz CT molecular complexity index is 664. The molecule has 0 saturated carbocycles. The summed E-state index contributed by atoms with van der Waals surface area (Å²) in [7, 11) is 0. The number of carbonyl (C=O) groups is 2. The second-order valence-electron chi connectivity index (χ2n) is 5.49. The SMILES string of the molecule is CC(C)[C@H](NC(=O)Cc1ccc2ccccc2c1)C(=O)O. The highest BCUT2D eigenvalue weighted by Crippen LogP contribution is 2.16. The molecule has 4 heteroatoms. The molecule has 0 spiro atoms. The maximum Gasteiger partial charge on any atom is 0.326 e. The van der Waals surface area contributed by atoms with Gasteiger partial charge in [-0.1, -0.05) is 56.3 Å². The number of carboxylic acids is 1. The molecule has 2 aromatic rings. The van der Waals surface area contributed by atoms with E-state index in [4.69, 9.17) is 5.11 Å². The molecule has 0 unspecified atom stereocenters. The number of amides is 1. The van der Waals surface area contributed by atoms with Crippen LogP contribution >= 0.6 is 0 Å². The molecule has 1 amide bonds. The van der Waals surface area contributed by atoms with Crippen LogP contribution in [0.5, 0.6) is 0 Å². The van der Waals surface area contributed by atoms with Crippen LogP contribution in [-0.4, -0.2) is 23.0 Å². The molecule has 0 heterocycles. The topological polar surface area (TPSA) is 66.4 Å². The van der Waals surface area contributed by atoms with Crippen LogP contribution in [-0.2, 0) is 16.0 Å². The molecule has 2 N–H and O–H groups in total. The smallest absolute Gasteiger partial charge is 0.326 e. The first-order valence-electron chi connectivity index (χ1n) is 6.97. The zero-order chi connectivity index (χ0) is 15.4. The van der Waals surface area contributed by atoms with Crippen molar-refractivity contribution in [3.8, 4) is 0 Å². The third-order valence-electron chi connectivity index (χ3n) is 3.43. The van der Waals surface area contributed by atoms with Gasteiger partial charge in [-0.05, 0) is 22.3 Å². The van der Waals surface area contributed by atoms with Crippen molar-refractivity contribution in [2.75, 3.05) is 0 Å². The van der Waals surface area contributed by atoms with Crippen LogP contribution in [0.1, 0.15) is 19.4 Å². The summed E-state index contributed by atoms with van der Waals surface area (Å²) >= 11 is 0. The average Bonchev–Trinajstić information content (AvgIpc) is 2.44. The first-order chi connectivity index (χ1) is 9.97. The van der Waals surface area contributed by atoms with E-state index in [0.717, 1.165) is 16.3 Å². The van der Waals surface area contributed by atoms with E-state index in [1.165, 1.54) is 0 Å². The monoisotopic (exact) mass is 285 g/mol. The zero-order valence-corrected chi connectivity index (χ0v) is 12.2. The van der Waals surface area contributed by atoms with Crippen LogP contribution in [0.25, 0.3) is 10.8 Å². The van der Waals surface area contributed by atoms with Crippen molar-refractivity contribution >= 4 is 22.6 Å². The van der Waals surface area contributed by atoms with Gasteiger partial charge in [0, 0.05) is 0 Å². The number of nitrogens with one attached hydrogen (secondary N) is 1. The molecule has 2 aromatic carbocycles. The third-order valence-corrected chi connectivity index (χ3v) is 3.43. The van der Waals surface area contributed by atoms with Gasteiger partial charge >= 0.3 is 5.97 Å². The van der Waals surface area contributed by atoms with Crippen molar-refractivity contribution in [3.63, 3.8) is 0 Å². The van der Waals surface area contributed by atoms with Crippen LogP contribution in [0.2, 0.25) is 0 Å². The highest BCUT2D eigenvalue weighted by Gasteiger charge is 2.23. The number of hydrogen-bond acceptors (Lipinski definition) is 2. The Labute approximate surface area is 123 Å². The van der Waals surface area contributed by atoms with Crippen molar-refractivity contribution < 1.29 is 14.7 Å². The number of fused-ring (bicyclic) bond motifs is 1. The van der Waals surface area contributed by atoms with E-state index in [1.807, 2.05) is 42.5 Å². The number of carbonyl (C=O) groups excluding carboxylic acids is 1. The summed E-state index contributed by atoms with van der Waals surface area (Å²) in [5, 5.41) is 13.8. The first kappa shape index (κ1) is 15.0. The normalized spacial score (nSPS) is 12.3. The van der Waals surface area contributed by atoms with E-state index < -0.39 is 12.0 Å². The van der Waals surface area contributed by atoms with Gasteiger partial charge in [-0.15, -0.1) is 0 Å². The summed E-state index contributed by atoms with van der Waals surface area (Å²) in [5.74, 6) is -1.42. The molecule has 4 nitrogen and oxygen atoms in total. The minimum absolute atomic E-state index is 0.150. The van der Waals surface area contributed by atoms with E-state index in [1.54, 1.807) is 13.8 Å². The van der Waals surface area contributed by atoms with Crippen LogP contribution < -0.4 is 5.32 Å². The lowest BCUT2D eigenvalue weighted by Crippen LogP contribution is -2.44. The van der Waals surface area contributed by atoms with Crippen LogP contribution in [0, 0.1) is 5.92 Å². The third kappa shape index (κ3) is 3.81. The van der Waals surface area contributed by atoms with Crippen molar-refractivity contribution in [1.82, 2.24) is 5.32 Å².